The van der Waals surface area contributed by atoms with Crippen LogP contribution in [-0.4, -0.2) is 34.2 Å². The van der Waals surface area contributed by atoms with E-state index in [1.807, 2.05) is 0 Å². The number of hydrogen-bond acceptors (Lipinski definition) is 5. The summed E-state index contributed by atoms with van der Waals surface area (Å²) in [6, 6.07) is 7.25. The summed E-state index contributed by atoms with van der Waals surface area (Å²) in [5.41, 5.74) is 1.78. The topological polar surface area (TPSA) is 134 Å². The molecule has 0 bridgehead atoms. The molecule has 1 heterocycles. The lowest BCUT2D eigenvalue weighted by molar-refractivity contribution is -0.140. The van der Waals surface area contributed by atoms with Crippen LogP contribution >= 0.6 is 0 Å². The number of nitrogens with one attached hydrogen (secondary N) is 3. The molecule has 0 aliphatic rings. The molecule has 11 heteroatoms. The van der Waals surface area contributed by atoms with Crippen LogP contribution in [0.4, 0.5) is 25.0 Å². The van der Waals surface area contributed by atoms with Crippen molar-refractivity contribution in [2.75, 3.05) is 10.6 Å². The molecule has 1 aromatic heterocycles. The minimum atomic E-state index is -1.16. The van der Waals surface area contributed by atoms with E-state index in [1.54, 1.807) is 39.0 Å². The highest BCUT2D eigenvalue weighted by molar-refractivity contribution is 6.00. The quantitative estimate of drug-likeness (QED) is 0.403. The predicted molar refractivity (Wildman–Crippen MR) is 119 cm³/mol. The zero-order chi connectivity index (χ0) is 25.0. The van der Waals surface area contributed by atoms with Gasteiger partial charge < -0.3 is 25.6 Å². The van der Waals surface area contributed by atoms with Crippen LogP contribution in [0, 0.1) is 24.5 Å². The third-order valence-electron chi connectivity index (χ3n) is 4.90. The van der Waals surface area contributed by atoms with Crippen LogP contribution in [0.5, 0.6) is 0 Å². The van der Waals surface area contributed by atoms with Crippen molar-refractivity contribution in [1.29, 1.82) is 0 Å². The van der Waals surface area contributed by atoms with Gasteiger partial charge in [0, 0.05) is 23.4 Å². The van der Waals surface area contributed by atoms with Crippen molar-refractivity contribution in [3.05, 3.63) is 65.4 Å². The van der Waals surface area contributed by atoms with Crippen LogP contribution < -0.4 is 16.0 Å². The smallest absolute Gasteiger partial charge is 0.326 e. The molecule has 0 saturated carbocycles. The highest BCUT2D eigenvalue weighted by Crippen LogP contribution is 2.25. The lowest BCUT2D eigenvalue weighted by Crippen LogP contribution is -2.44. The minimum absolute atomic E-state index is 0.151. The largest absolute Gasteiger partial charge is 0.480 e. The molecule has 0 fully saturated rings. The van der Waals surface area contributed by atoms with Crippen molar-refractivity contribution < 1.29 is 32.8 Å². The van der Waals surface area contributed by atoms with Gasteiger partial charge in [-0.1, -0.05) is 25.1 Å². The van der Waals surface area contributed by atoms with E-state index in [0.717, 1.165) is 12.1 Å². The van der Waals surface area contributed by atoms with Crippen LogP contribution in [0.15, 0.2) is 47.0 Å². The Kier molecular flexibility index (Phi) is 7.24. The molecule has 0 aliphatic carbocycles. The van der Waals surface area contributed by atoms with Crippen LogP contribution in [0.2, 0.25) is 0 Å². The van der Waals surface area contributed by atoms with Crippen LogP contribution in [0.3, 0.4) is 0 Å². The van der Waals surface area contributed by atoms with E-state index in [9.17, 15) is 28.3 Å². The van der Waals surface area contributed by atoms with Gasteiger partial charge >= 0.3 is 12.0 Å². The molecule has 1 atom stereocenters. The van der Waals surface area contributed by atoms with Crippen LogP contribution in [0.25, 0.3) is 11.3 Å². The van der Waals surface area contributed by atoms with Gasteiger partial charge in [-0.15, -0.1) is 0 Å². The van der Waals surface area contributed by atoms with E-state index >= 15 is 0 Å². The average Bonchev–Trinajstić information content (AvgIpc) is 3.25. The lowest BCUT2D eigenvalue weighted by atomic mass is 10.0. The summed E-state index contributed by atoms with van der Waals surface area (Å²) in [7, 11) is 0. The van der Waals surface area contributed by atoms with E-state index in [2.05, 4.69) is 21.1 Å². The Morgan fingerprint density at radius 3 is 2.29 bits per heavy atom. The zero-order valence-corrected chi connectivity index (χ0v) is 18.5. The van der Waals surface area contributed by atoms with Crippen LogP contribution in [-0.2, 0) is 4.79 Å². The fourth-order valence-corrected chi connectivity index (χ4v) is 3.07. The summed E-state index contributed by atoms with van der Waals surface area (Å²) in [6.45, 7) is 5.05. The fourth-order valence-electron chi connectivity index (χ4n) is 3.07. The molecule has 178 valence electrons. The Labute approximate surface area is 193 Å². The Morgan fingerprint density at radius 2 is 1.68 bits per heavy atom. The number of amides is 3. The van der Waals surface area contributed by atoms with Gasteiger partial charge in [0.1, 0.15) is 23.4 Å². The molecule has 0 saturated heterocycles. The van der Waals surface area contributed by atoms with Crippen molar-refractivity contribution in [3.8, 4) is 11.3 Å². The molecule has 9 nitrogen and oxygen atoms in total. The first-order valence-corrected chi connectivity index (χ1v) is 10.2. The van der Waals surface area contributed by atoms with Gasteiger partial charge in [-0.2, -0.15) is 0 Å². The summed E-state index contributed by atoms with van der Waals surface area (Å²) < 4.78 is 31.8. The maximum atomic E-state index is 13.7. The number of nitrogens with zero attached hydrogens (tertiary/aromatic N) is 1. The minimum Gasteiger partial charge on any atom is -0.480 e. The number of aliphatic carboxylic acids is 1. The normalized spacial score (nSPS) is 11.7. The lowest BCUT2D eigenvalue weighted by Gasteiger charge is -2.16. The number of carboxylic acid groups (broad SMARTS) is 1. The second-order valence-corrected chi connectivity index (χ2v) is 7.84. The molecule has 4 N–H and O–H groups in total. The Hall–Kier alpha value is -4.28. The highest BCUT2D eigenvalue weighted by atomic mass is 19.1. The molecular weight excluding hydrogens is 450 g/mol. The maximum absolute atomic E-state index is 13.7. The van der Waals surface area contributed by atoms with E-state index < -0.39 is 35.6 Å². The number of carbonyl (C=O) groups is 3. The standard InChI is InChI=1S/C23H22F2N4O5/c1-11(2)20(22(31)32)28-21(30)19-10-18(29-34-19)13-4-6-16(12(3)8-13)26-23(33)27-17-7-5-14(24)9-15(17)25/h4-11,20H,1-3H3,(H,28,30)(H,31,32)(H2,26,27,33). The summed E-state index contributed by atoms with van der Waals surface area (Å²) in [6.07, 6.45) is 0. The summed E-state index contributed by atoms with van der Waals surface area (Å²) in [5.74, 6) is -4.01. The average molecular weight is 472 g/mol. The number of anilines is 2. The molecule has 2 aromatic carbocycles. The van der Waals surface area contributed by atoms with Gasteiger partial charge in [0.25, 0.3) is 5.91 Å². The Morgan fingerprint density at radius 1 is 1.00 bits per heavy atom. The molecule has 0 aliphatic heterocycles. The number of hydrogen-bond donors (Lipinski definition) is 4. The third kappa shape index (κ3) is 5.74. The molecule has 3 rings (SSSR count). The summed E-state index contributed by atoms with van der Waals surface area (Å²) in [5, 5.41) is 20.3. The first-order chi connectivity index (χ1) is 16.0. The number of urea groups is 1. The van der Waals surface area contributed by atoms with Crippen molar-refractivity contribution in [1.82, 2.24) is 10.5 Å². The maximum Gasteiger partial charge on any atom is 0.326 e. The number of aryl methyl sites for hydroxylation is 1. The van der Waals surface area contributed by atoms with E-state index in [4.69, 9.17) is 4.52 Å². The fraction of sp³-hybridized carbons (Fsp3) is 0.217. The van der Waals surface area contributed by atoms with Gasteiger partial charge in [0.05, 0.1) is 5.69 Å². The van der Waals surface area contributed by atoms with Crippen molar-refractivity contribution in [2.45, 2.75) is 26.8 Å². The molecule has 34 heavy (non-hydrogen) atoms. The Balaban J connectivity index is 1.69. The van der Waals surface area contributed by atoms with E-state index in [-0.39, 0.29) is 17.4 Å². The van der Waals surface area contributed by atoms with Crippen molar-refractivity contribution in [3.63, 3.8) is 0 Å². The van der Waals surface area contributed by atoms with Gasteiger partial charge in [0.2, 0.25) is 5.76 Å². The van der Waals surface area contributed by atoms with E-state index in [0.29, 0.717) is 28.6 Å². The van der Waals surface area contributed by atoms with Gasteiger partial charge in [-0.05, 0) is 42.7 Å². The predicted octanol–water partition coefficient (Wildman–Crippen LogP) is 4.41. The molecule has 3 aromatic rings. The number of benzene rings is 2. The second-order valence-electron chi connectivity index (χ2n) is 7.84. The van der Waals surface area contributed by atoms with Gasteiger partial charge in [0.15, 0.2) is 0 Å². The van der Waals surface area contributed by atoms with Gasteiger partial charge in [-0.25, -0.2) is 18.4 Å². The number of halogens is 2. The monoisotopic (exact) mass is 472 g/mol. The first kappa shape index (κ1) is 24.4. The third-order valence-corrected chi connectivity index (χ3v) is 4.90. The van der Waals surface area contributed by atoms with Gasteiger partial charge in [-0.3, -0.25) is 4.79 Å². The molecule has 0 spiro atoms. The number of carboxylic acids is 1. The molecule has 0 radical (unpaired) electrons. The number of rotatable bonds is 7. The molecular formula is C23H22F2N4O5. The zero-order valence-electron chi connectivity index (χ0n) is 18.5. The van der Waals surface area contributed by atoms with Crippen molar-refractivity contribution in [2.24, 2.45) is 5.92 Å². The molecule has 1 unspecified atom stereocenters. The van der Waals surface area contributed by atoms with Crippen LogP contribution in [0.1, 0.15) is 30.0 Å². The number of carbonyl (C=O) groups excluding carboxylic acids is 2. The Bertz CT molecular complexity index is 1240. The molecule has 3 amide bonds. The highest BCUT2D eigenvalue weighted by Gasteiger charge is 2.26. The second kappa shape index (κ2) is 10.1. The summed E-state index contributed by atoms with van der Waals surface area (Å²) in [4.78, 5) is 35.8. The summed E-state index contributed by atoms with van der Waals surface area (Å²) >= 11 is 0. The first-order valence-electron chi connectivity index (χ1n) is 10.2. The SMILES string of the molecule is Cc1cc(-c2cc(C(=O)NC(C(=O)O)C(C)C)on2)ccc1NC(=O)Nc1ccc(F)cc1F. The van der Waals surface area contributed by atoms with Crippen molar-refractivity contribution >= 4 is 29.3 Å². The number of aromatic nitrogens is 1. The van der Waals surface area contributed by atoms with E-state index in [1.165, 1.54) is 6.07 Å².